The van der Waals surface area contributed by atoms with E-state index < -0.39 is 5.97 Å². The van der Waals surface area contributed by atoms with E-state index in [0.717, 1.165) is 0 Å². The molecule has 0 radical (unpaired) electrons. The van der Waals surface area contributed by atoms with E-state index in [1.807, 2.05) is 13.8 Å². The number of rotatable bonds is 1. The van der Waals surface area contributed by atoms with E-state index in [2.05, 4.69) is 20.9 Å². The number of carboxylic acid groups (broad SMARTS) is 1. The molecule has 0 saturated carbocycles. The topological polar surface area (TPSA) is 50.2 Å². The molecule has 1 aromatic rings. The smallest absolute Gasteiger partial charge is 0.337 e. The minimum absolute atomic E-state index is 0.244. The molecule has 0 amide bonds. The lowest BCUT2D eigenvalue weighted by Crippen LogP contribution is -2.00. The zero-order chi connectivity index (χ0) is 10.4. The highest BCUT2D eigenvalue weighted by atomic mass is 79.9. The molecule has 0 fully saturated rings. The summed E-state index contributed by atoms with van der Waals surface area (Å²) in [4.78, 5) is 14.4. The number of pyridine rings is 1. The van der Waals surface area contributed by atoms with Crippen LogP contribution in [0.15, 0.2) is 16.7 Å². The molecular formula is C9H12BrNO2. The second-order valence-corrected chi connectivity index (χ2v) is 2.88. The number of hydrogen-bond donors (Lipinski definition) is 1. The van der Waals surface area contributed by atoms with Gasteiger partial charge in [0.2, 0.25) is 0 Å². The van der Waals surface area contributed by atoms with Crippen LogP contribution in [0.2, 0.25) is 0 Å². The Kier molecular flexibility index (Phi) is 5.30. The summed E-state index contributed by atoms with van der Waals surface area (Å²) in [6.07, 6.45) is 0. The first-order valence-corrected chi connectivity index (χ1v) is 4.77. The van der Waals surface area contributed by atoms with Crippen molar-refractivity contribution in [1.29, 1.82) is 0 Å². The standard InChI is InChI=1S/C7H6BrNO2.C2H6/c1-4-5(7(10)11)2-3-6(8)9-4;1-2/h2-3H,1H3,(H,10,11);1-2H3. The minimum Gasteiger partial charge on any atom is -0.478 e. The van der Waals surface area contributed by atoms with Crippen LogP contribution in [0.4, 0.5) is 0 Å². The van der Waals surface area contributed by atoms with Gasteiger partial charge in [0, 0.05) is 0 Å². The Balaban J connectivity index is 0.000000671. The van der Waals surface area contributed by atoms with Crippen molar-refractivity contribution >= 4 is 21.9 Å². The van der Waals surface area contributed by atoms with Gasteiger partial charge in [-0.2, -0.15) is 0 Å². The molecule has 0 aliphatic rings. The van der Waals surface area contributed by atoms with Crippen molar-refractivity contribution in [1.82, 2.24) is 4.98 Å². The minimum atomic E-state index is -0.942. The first kappa shape index (κ1) is 12.1. The predicted octanol–water partition coefficient (Wildman–Crippen LogP) is 2.88. The van der Waals surface area contributed by atoms with E-state index in [9.17, 15) is 4.79 Å². The molecule has 0 spiro atoms. The van der Waals surface area contributed by atoms with E-state index in [0.29, 0.717) is 10.3 Å². The molecule has 1 aromatic heterocycles. The fourth-order valence-corrected chi connectivity index (χ4v) is 1.15. The number of carbonyl (C=O) groups is 1. The lowest BCUT2D eigenvalue weighted by atomic mass is 10.2. The molecule has 0 atom stereocenters. The number of aromatic nitrogens is 1. The number of halogens is 1. The average Bonchev–Trinajstić information content (AvgIpc) is 2.07. The summed E-state index contributed by atoms with van der Waals surface area (Å²) in [5.41, 5.74) is 0.764. The van der Waals surface area contributed by atoms with Gasteiger partial charge in [0.1, 0.15) is 4.60 Å². The summed E-state index contributed by atoms with van der Waals surface area (Å²) in [5, 5.41) is 8.60. The van der Waals surface area contributed by atoms with Crippen molar-refractivity contribution in [3.05, 3.63) is 28.0 Å². The van der Waals surface area contributed by atoms with Gasteiger partial charge >= 0.3 is 5.97 Å². The van der Waals surface area contributed by atoms with Crippen molar-refractivity contribution < 1.29 is 9.90 Å². The fourth-order valence-electron chi connectivity index (χ4n) is 0.756. The third kappa shape index (κ3) is 3.55. The highest BCUT2D eigenvalue weighted by Gasteiger charge is 2.06. The Morgan fingerprint density at radius 3 is 2.38 bits per heavy atom. The molecule has 4 heteroatoms. The van der Waals surface area contributed by atoms with Crippen molar-refractivity contribution in [2.24, 2.45) is 0 Å². The summed E-state index contributed by atoms with van der Waals surface area (Å²) in [5.74, 6) is -0.942. The van der Waals surface area contributed by atoms with Gasteiger partial charge in [0.05, 0.1) is 11.3 Å². The second-order valence-electron chi connectivity index (χ2n) is 2.07. The molecular weight excluding hydrogens is 234 g/mol. The average molecular weight is 246 g/mol. The molecule has 3 nitrogen and oxygen atoms in total. The summed E-state index contributed by atoms with van der Waals surface area (Å²) in [6.45, 7) is 5.66. The van der Waals surface area contributed by atoms with E-state index >= 15 is 0 Å². The molecule has 1 rings (SSSR count). The molecule has 0 aromatic carbocycles. The van der Waals surface area contributed by atoms with Gasteiger partial charge in [0.15, 0.2) is 0 Å². The van der Waals surface area contributed by atoms with Gasteiger partial charge < -0.3 is 5.11 Å². The normalized spacial score (nSPS) is 8.62. The monoisotopic (exact) mass is 245 g/mol. The zero-order valence-corrected chi connectivity index (χ0v) is 9.42. The lowest BCUT2D eigenvalue weighted by molar-refractivity contribution is 0.0695. The van der Waals surface area contributed by atoms with Crippen LogP contribution in [-0.2, 0) is 0 Å². The first-order valence-electron chi connectivity index (χ1n) is 3.97. The van der Waals surface area contributed by atoms with E-state index in [4.69, 9.17) is 5.11 Å². The summed E-state index contributed by atoms with van der Waals surface area (Å²) in [7, 11) is 0. The Hall–Kier alpha value is -0.900. The third-order valence-corrected chi connectivity index (χ3v) is 1.72. The van der Waals surface area contributed by atoms with Crippen LogP contribution < -0.4 is 0 Å². The van der Waals surface area contributed by atoms with Gasteiger partial charge in [-0.25, -0.2) is 9.78 Å². The van der Waals surface area contributed by atoms with E-state index in [1.165, 1.54) is 6.07 Å². The van der Waals surface area contributed by atoms with Gasteiger partial charge in [-0.05, 0) is 35.0 Å². The summed E-state index contributed by atoms with van der Waals surface area (Å²) >= 11 is 3.14. The number of aryl methyl sites for hydroxylation is 1. The van der Waals surface area contributed by atoms with E-state index in [-0.39, 0.29) is 5.56 Å². The fraction of sp³-hybridized carbons (Fsp3) is 0.333. The van der Waals surface area contributed by atoms with Crippen LogP contribution in [0.1, 0.15) is 29.9 Å². The summed E-state index contributed by atoms with van der Waals surface area (Å²) < 4.78 is 0.653. The Morgan fingerprint density at radius 1 is 1.46 bits per heavy atom. The maximum atomic E-state index is 10.5. The quantitative estimate of drug-likeness (QED) is 0.775. The molecule has 1 N–H and O–H groups in total. The maximum Gasteiger partial charge on any atom is 0.337 e. The van der Waals surface area contributed by atoms with Crippen LogP contribution in [0.25, 0.3) is 0 Å². The van der Waals surface area contributed by atoms with Crippen LogP contribution in [0.3, 0.4) is 0 Å². The lowest BCUT2D eigenvalue weighted by Gasteiger charge is -1.98. The third-order valence-electron chi connectivity index (χ3n) is 1.28. The zero-order valence-electron chi connectivity index (χ0n) is 7.84. The number of carboxylic acids is 1. The first-order chi connectivity index (χ1) is 6.11. The van der Waals surface area contributed by atoms with Gasteiger partial charge in [-0.3, -0.25) is 0 Å². The van der Waals surface area contributed by atoms with Gasteiger partial charge in [-0.1, -0.05) is 13.8 Å². The molecule has 0 bridgehead atoms. The molecule has 72 valence electrons. The number of aromatic carboxylic acids is 1. The Morgan fingerprint density at radius 2 is 2.00 bits per heavy atom. The highest BCUT2D eigenvalue weighted by Crippen LogP contribution is 2.10. The molecule has 0 saturated heterocycles. The Bertz CT molecular complexity index is 300. The predicted molar refractivity (Wildman–Crippen MR) is 55.0 cm³/mol. The summed E-state index contributed by atoms with van der Waals surface area (Å²) in [6, 6.07) is 3.13. The Labute approximate surface area is 85.9 Å². The van der Waals surface area contributed by atoms with Crippen LogP contribution in [0, 0.1) is 6.92 Å². The number of hydrogen-bond acceptors (Lipinski definition) is 2. The molecule has 0 aliphatic carbocycles. The van der Waals surface area contributed by atoms with Crippen LogP contribution >= 0.6 is 15.9 Å². The highest BCUT2D eigenvalue weighted by molar-refractivity contribution is 9.10. The van der Waals surface area contributed by atoms with Gasteiger partial charge in [-0.15, -0.1) is 0 Å². The molecule has 0 unspecified atom stereocenters. The van der Waals surface area contributed by atoms with Crippen molar-refractivity contribution in [2.45, 2.75) is 20.8 Å². The van der Waals surface area contributed by atoms with Gasteiger partial charge in [0.25, 0.3) is 0 Å². The SMILES string of the molecule is CC.Cc1nc(Br)ccc1C(=O)O. The second kappa shape index (κ2) is 5.70. The molecule has 0 aliphatic heterocycles. The van der Waals surface area contributed by atoms with Crippen molar-refractivity contribution in [3.63, 3.8) is 0 Å². The molecule has 13 heavy (non-hydrogen) atoms. The van der Waals surface area contributed by atoms with Crippen molar-refractivity contribution in [3.8, 4) is 0 Å². The maximum absolute atomic E-state index is 10.5. The number of nitrogens with zero attached hydrogens (tertiary/aromatic N) is 1. The van der Waals surface area contributed by atoms with E-state index in [1.54, 1.807) is 13.0 Å². The van der Waals surface area contributed by atoms with Crippen LogP contribution in [0.5, 0.6) is 0 Å². The molecule has 1 heterocycles. The van der Waals surface area contributed by atoms with Crippen molar-refractivity contribution in [2.75, 3.05) is 0 Å². The largest absolute Gasteiger partial charge is 0.478 e. The van der Waals surface area contributed by atoms with Crippen LogP contribution in [-0.4, -0.2) is 16.1 Å².